The fraction of sp³-hybridized carbons (Fsp3) is 0.188. The first-order chi connectivity index (χ1) is 12.9. The molecule has 1 aromatic carbocycles. The first-order valence-electron chi connectivity index (χ1n) is 7.49. The Kier molecular flexibility index (Phi) is 6.85. The van der Waals surface area contributed by atoms with Crippen molar-refractivity contribution in [2.45, 2.75) is 15.8 Å². The number of carbonyl (C=O) groups excluding carboxylic acids is 1. The van der Waals surface area contributed by atoms with Crippen LogP contribution < -0.4 is 5.32 Å². The molecule has 0 aliphatic heterocycles. The molecule has 142 valence electrons. The number of hydrogen-bond donors (Lipinski definition) is 1. The second-order valence-electron chi connectivity index (χ2n) is 5.24. The summed E-state index contributed by atoms with van der Waals surface area (Å²) >= 11 is 13.6. The van der Waals surface area contributed by atoms with Crippen LogP contribution in [-0.4, -0.2) is 32.6 Å². The van der Waals surface area contributed by atoms with E-state index in [4.69, 9.17) is 11.6 Å². The summed E-state index contributed by atoms with van der Waals surface area (Å²) in [6.45, 7) is 0.145. The topological polar surface area (TPSA) is 59.8 Å². The standard InChI is InChI=1S/C16H13BrClFN4OS3/c1-25-15-12(16(26-2)27-22-15)14(24)20-13-9(17)7-23(21-13)6-8-10(18)4-3-5-11(8)19/h3-5,7H,6H2,1-2H3,(H,20,21,24). The Hall–Kier alpha value is -1.07. The van der Waals surface area contributed by atoms with Crippen LogP contribution in [-0.2, 0) is 6.54 Å². The van der Waals surface area contributed by atoms with Gasteiger partial charge in [0.2, 0.25) is 0 Å². The number of nitrogens with zero attached hydrogens (tertiary/aromatic N) is 3. The van der Waals surface area contributed by atoms with Gasteiger partial charge in [-0.05, 0) is 52.1 Å². The van der Waals surface area contributed by atoms with E-state index < -0.39 is 5.82 Å². The van der Waals surface area contributed by atoms with E-state index in [1.54, 1.807) is 18.3 Å². The molecule has 0 saturated carbocycles. The van der Waals surface area contributed by atoms with Gasteiger partial charge in [-0.25, -0.2) is 4.39 Å². The molecule has 0 aliphatic rings. The van der Waals surface area contributed by atoms with Gasteiger partial charge in [0.25, 0.3) is 5.91 Å². The van der Waals surface area contributed by atoms with Crippen molar-refractivity contribution in [2.75, 3.05) is 17.8 Å². The highest BCUT2D eigenvalue weighted by atomic mass is 79.9. The van der Waals surface area contributed by atoms with E-state index in [0.29, 0.717) is 31.5 Å². The van der Waals surface area contributed by atoms with Gasteiger partial charge in [0.05, 0.1) is 20.8 Å². The van der Waals surface area contributed by atoms with Gasteiger partial charge in [0.1, 0.15) is 10.8 Å². The van der Waals surface area contributed by atoms with E-state index >= 15 is 0 Å². The van der Waals surface area contributed by atoms with Crippen LogP contribution in [0.1, 0.15) is 15.9 Å². The summed E-state index contributed by atoms with van der Waals surface area (Å²) in [5.41, 5.74) is 0.877. The van der Waals surface area contributed by atoms with Crippen molar-refractivity contribution < 1.29 is 9.18 Å². The van der Waals surface area contributed by atoms with Crippen LogP contribution in [0.2, 0.25) is 5.02 Å². The van der Waals surface area contributed by atoms with E-state index in [1.807, 2.05) is 12.5 Å². The molecule has 0 radical (unpaired) electrons. The van der Waals surface area contributed by atoms with Gasteiger partial charge in [-0.2, -0.15) is 9.47 Å². The summed E-state index contributed by atoms with van der Waals surface area (Å²) in [7, 11) is 0. The van der Waals surface area contributed by atoms with Crippen LogP contribution in [0.25, 0.3) is 0 Å². The molecule has 0 fully saturated rings. The van der Waals surface area contributed by atoms with Gasteiger partial charge in [0, 0.05) is 16.8 Å². The van der Waals surface area contributed by atoms with Gasteiger partial charge in [0.15, 0.2) is 5.82 Å². The molecule has 2 heterocycles. The van der Waals surface area contributed by atoms with E-state index in [9.17, 15) is 9.18 Å². The quantitative estimate of drug-likeness (QED) is 0.438. The highest BCUT2D eigenvalue weighted by Gasteiger charge is 2.22. The molecular formula is C16H13BrClFN4OS3. The Morgan fingerprint density at radius 2 is 2.19 bits per heavy atom. The molecule has 1 N–H and O–H groups in total. The Bertz CT molecular complexity index is 952. The predicted octanol–water partition coefficient (Wildman–Crippen LogP) is 5.64. The zero-order chi connectivity index (χ0) is 19.6. The summed E-state index contributed by atoms with van der Waals surface area (Å²) in [4.78, 5) is 12.7. The molecule has 0 aliphatic carbocycles. The molecule has 27 heavy (non-hydrogen) atoms. The SMILES string of the molecule is CSc1nsc(SC)c1C(=O)Nc1nn(Cc2c(F)cccc2Cl)cc1Br. The average Bonchev–Trinajstić information content (AvgIpc) is 3.21. The van der Waals surface area contributed by atoms with Gasteiger partial charge in [-0.1, -0.05) is 17.7 Å². The normalized spacial score (nSPS) is 11.0. The fourth-order valence-corrected chi connectivity index (χ4v) is 5.22. The van der Waals surface area contributed by atoms with E-state index in [1.165, 1.54) is 45.8 Å². The van der Waals surface area contributed by atoms with Crippen molar-refractivity contribution in [3.63, 3.8) is 0 Å². The van der Waals surface area contributed by atoms with Crippen molar-refractivity contribution in [3.05, 3.63) is 50.8 Å². The summed E-state index contributed by atoms with van der Waals surface area (Å²) in [5, 5.41) is 8.12. The van der Waals surface area contributed by atoms with Crippen molar-refractivity contribution in [1.82, 2.24) is 14.2 Å². The Morgan fingerprint density at radius 3 is 2.85 bits per heavy atom. The molecule has 3 rings (SSSR count). The molecule has 0 saturated heterocycles. The van der Waals surface area contributed by atoms with Crippen LogP contribution in [0.15, 0.2) is 38.1 Å². The molecule has 0 bridgehead atoms. The first-order valence-corrected chi connectivity index (χ1v) is 11.9. The Morgan fingerprint density at radius 1 is 1.41 bits per heavy atom. The van der Waals surface area contributed by atoms with E-state index in [2.05, 4.69) is 30.7 Å². The van der Waals surface area contributed by atoms with E-state index in [0.717, 1.165) is 4.21 Å². The van der Waals surface area contributed by atoms with Crippen LogP contribution >= 0.6 is 62.6 Å². The third-order valence-corrected chi connectivity index (χ3v) is 7.24. The van der Waals surface area contributed by atoms with Crippen molar-refractivity contribution in [1.29, 1.82) is 0 Å². The number of amides is 1. The molecule has 1 amide bonds. The number of anilines is 1. The minimum absolute atomic E-state index is 0.145. The third kappa shape index (κ3) is 4.51. The lowest BCUT2D eigenvalue weighted by molar-refractivity contribution is 0.102. The Balaban J connectivity index is 1.83. The molecule has 0 unspecified atom stereocenters. The maximum atomic E-state index is 14.0. The van der Waals surface area contributed by atoms with Gasteiger partial charge in [-0.15, -0.1) is 23.5 Å². The number of rotatable bonds is 6. The number of halogens is 3. The fourth-order valence-electron chi connectivity index (χ4n) is 2.31. The molecular weight excluding hydrogens is 495 g/mol. The highest BCUT2D eigenvalue weighted by Crippen LogP contribution is 2.33. The molecule has 11 heteroatoms. The predicted molar refractivity (Wildman–Crippen MR) is 114 cm³/mol. The minimum Gasteiger partial charge on any atom is -0.304 e. The first kappa shape index (κ1) is 20.7. The molecule has 3 aromatic rings. The van der Waals surface area contributed by atoms with Gasteiger partial charge in [-0.3, -0.25) is 9.48 Å². The molecule has 2 aromatic heterocycles. The zero-order valence-electron chi connectivity index (χ0n) is 14.1. The monoisotopic (exact) mass is 506 g/mol. The molecule has 5 nitrogen and oxygen atoms in total. The Labute approximate surface area is 181 Å². The number of thioether (sulfide) groups is 2. The smallest absolute Gasteiger partial charge is 0.261 e. The van der Waals surface area contributed by atoms with Crippen molar-refractivity contribution in [3.8, 4) is 0 Å². The van der Waals surface area contributed by atoms with Gasteiger partial charge < -0.3 is 5.32 Å². The summed E-state index contributed by atoms with van der Waals surface area (Å²) in [6, 6.07) is 4.52. The minimum atomic E-state index is -0.404. The van der Waals surface area contributed by atoms with Crippen LogP contribution in [0.5, 0.6) is 0 Å². The highest BCUT2D eigenvalue weighted by molar-refractivity contribution is 9.10. The van der Waals surface area contributed by atoms with Crippen molar-refractivity contribution in [2.24, 2.45) is 0 Å². The number of aromatic nitrogens is 3. The number of nitrogens with one attached hydrogen (secondary N) is 1. The maximum absolute atomic E-state index is 14.0. The number of benzene rings is 1. The third-order valence-electron chi connectivity index (χ3n) is 3.57. The molecule has 0 atom stereocenters. The van der Waals surface area contributed by atoms with Crippen LogP contribution in [0.3, 0.4) is 0 Å². The van der Waals surface area contributed by atoms with Crippen LogP contribution in [0, 0.1) is 5.82 Å². The van der Waals surface area contributed by atoms with Crippen molar-refractivity contribution >= 4 is 74.3 Å². The number of carbonyl (C=O) groups is 1. The maximum Gasteiger partial charge on any atom is 0.261 e. The lowest BCUT2D eigenvalue weighted by atomic mass is 10.2. The van der Waals surface area contributed by atoms with Crippen LogP contribution in [0.4, 0.5) is 10.2 Å². The average molecular weight is 508 g/mol. The largest absolute Gasteiger partial charge is 0.304 e. The van der Waals surface area contributed by atoms with Gasteiger partial charge >= 0.3 is 0 Å². The lowest BCUT2D eigenvalue weighted by Crippen LogP contribution is -2.14. The zero-order valence-corrected chi connectivity index (χ0v) is 18.9. The second kappa shape index (κ2) is 8.95. The summed E-state index contributed by atoms with van der Waals surface area (Å²) < 4.78 is 21.2. The second-order valence-corrected chi connectivity index (χ2v) is 9.14. The van der Waals surface area contributed by atoms with E-state index in [-0.39, 0.29) is 12.5 Å². The lowest BCUT2D eigenvalue weighted by Gasteiger charge is -2.06. The summed E-state index contributed by atoms with van der Waals surface area (Å²) in [5.74, 6) is -0.344. The molecule has 0 spiro atoms. The summed E-state index contributed by atoms with van der Waals surface area (Å²) in [6.07, 6.45) is 5.44. The number of hydrogen-bond acceptors (Lipinski definition) is 6.